The molecule has 84 valence electrons. The van der Waals surface area contributed by atoms with Crippen molar-refractivity contribution in [2.45, 2.75) is 25.5 Å². The summed E-state index contributed by atoms with van der Waals surface area (Å²) in [5.74, 6) is 0. The van der Waals surface area contributed by atoms with Gasteiger partial charge in [0.05, 0.1) is 18.8 Å². The van der Waals surface area contributed by atoms with E-state index < -0.39 is 0 Å². The topological polar surface area (TPSA) is 55.5 Å². The highest BCUT2D eigenvalue weighted by Crippen LogP contribution is 2.13. The normalized spacial score (nSPS) is 14.9. The Morgan fingerprint density at radius 2 is 2.20 bits per heavy atom. The summed E-state index contributed by atoms with van der Waals surface area (Å²) >= 11 is 0. The van der Waals surface area contributed by atoms with E-state index in [0.717, 1.165) is 12.0 Å². The molecule has 0 saturated carbocycles. The molecule has 15 heavy (non-hydrogen) atoms. The third kappa shape index (κ3) is 3.63. The monoisotopic (exact) mass is 209 g/mol. The van der Waals surface area contributed by atoms with Crippen molar-refractivity contribution in [3.05, 3.63) is 35.4 Å². The van der Waals surface area contributed by atoms with E-state index in [1.165, 1.54) is 5.56 Å². The molecule has 0 aromatic heterocycles. The summed E-state index contributed by atoms with van der Waals surface area (Å²) in [7, 11) is 1.70. The molecule has 1 aromatic carbocycles. The van der Waals surface area contributed by atoms with Crippen molar-refractivity contribution >= 4 is 0 Å². The molecule has 2 unspecified atom stereocenters. The Balaban J connectivity index is 2.74. The van der Waals surface area contributed by atoms with Gasteiger partial charge in [-0.05, 0) is 24.5 Å². The van der Waals surface area contributed by atoms with Crippen molar-refractivity contribution in [1.82, 2.24) is 0 Å². The molecular formula is C12H19NO2. The molecule has 0 aliphatic heterocycles. The van der Waals surface area contributed by atoms with Gasteiger partial charge in [-0.25, -0.2) is 0 Å². The molecule has 0 aliphatic carbocycles. The van der Waals surface area contributed by atoms with Crippen LogP contribution in [0.25, 0.3) is 0 Å². The number of rotatable bonds is 5. The van der Waals surface area contributed by atoms with Crippen LogP contribution in [0.1, 0.15) is 24.1 Å². The van der Waals surface area contributed by atoms with Crippen LogP contribution < -0.4 is 5.73 Å². The van der Waals surface area contributed by atoms with Crippen LogP contribution in [-0.2, 0) is 11.2 Å². The van der Waals surface area contributed by atoms with E-state index in [0.29, 0.717) is 0 Å². The van der Waals surface area contributed by atoms with Crippen LogP contribution in [0.2, 0.25) is 0 Å². The second kappa shape index (κ2) is 5.85. The van der Waals surface area contributed by atoms with Gasteiger partial charge in [-0.2, -0.15) is 0 Å². The third-order valence-corrected chi connectivity index (χ3v) is 2.50. The molecule has 0 spiro atoms. The molecule has 1 aromatic rings. The number of benzene rings is 1. The van der Waals surface area contributed by atoms with Gasteiger partial charge in [-0.1, -0.05) is 24.3 Å². The molecular weight excluding hydrogens is 190 g/mol. The molecule has 0 saturated heterocycles. The number of ether oxygens (including phenoxy) is 1. The minimum Gasteiger partial charge on any atom is -0.394 e. The van der Waals surface area contributed by atoms with Crippen LogP contribution >= 0.6 is 0 Å². The summed E-state index contributed by atoms with van der Waals surface area (Å²) in [5.41, 5.74) is 7.90. The zero-order valence-corrected chi connectivity index (χ0v) is 9.31. The number of methoxy groups -OCH3 is 1. The first-order valence-corrected chi connectivity index (χ1v) is 5.15. The predicted molar refractivity (Wildman–Crippen MR) is 60.6 cm³/mol. The van der Waals surface area contributed by atoms with Gasteiger partial charge in [0.2, 0.25) is 0 Å². The fraction of sp³-hybridized carbons (Fsp3) is 0.500. The molecule has 0 fully saturated rings. The Hall–Kier alpha value is -0.900. The largest absolute Gasteiger partial charge is 0.394 e. The van der Waals surface area contributed by atoms with Gasteiger partial charge >= 0.3 is 0 Å². The average Bonchev–Trinajstić information content (AvgIpc) is 2.28. The second-order valence-corrected chi connectivity index (χ2v) is 3.78. The molecule has 3 nitrogen and oxygen atoms in total. The highest BCUT2D eigenvalue weighted by molar-refractivity contribution is 5.26. The molecule has 1 rings (SSSR count). The zero-order chi connectivity index (χ0) is 11.3. The molecule has 0 radical (unpaired) electrons. The summed E-state index contributed by atoms with van der Waals surface area (Å²) in [6.07, 6.45) is 1.06. The van der Waals surface area contributed by atoms with Crippen LogP contribution in [0.15, 0.2) is 24.3 Å². The fourth-order valence-corrected chi connectivity index (χ4v) is 1.47. The molecule has 3 N–H and O–H groups in total. The Bertz CT molecular complexity index is 301. The maximum Gasteiger partial charge on any atom is 0.0624 e. The molecule has 3 heteroatoms. The standard InChI is InChI=1S/C12H19NO2/c1-9(15-2)6-10-4-3-5-11(7-10)12(13)8-14/h3-5,7,9,12,14H,6,8,13H2,1-2H3. The van der Waals surface area contributed by atoms with Crippen molar-refractivity contribution < 1.29 is 9.84 Å². The van der Waals surface area contributed by atoms with E-state index in [9.17, 15) is 0 Å². The highest BCUT2D eigenvalue weighted by atomic mass is 16.5. The minimum atomic E-state index is -0.289. The van der Waals surface area contributed by atoms with Gasteiger partial charge in [0.25, 0.3) is 0 Å². The van der Waals surface area contributed by atoms with E-state index in [4.69, 9.17) is 15.6 Å². The number of hydrogen-bond donors (Lipinski definition) is 2. The minimum absolute atomic E-state index is 0.0245. The number of aliphatic hydroxyl groups excluding tert-OH is 1. The first kappa shape index (κ1) is 12.2. The van der Waals surface area contributed by atoms with Gasteiger partial charge in [-0.15, -0.1) is 0 Å². The SMILES string of the molecule is COC(C)Cc1cccc(C(N)CO)c1. The highest BCUT2D eigenvalue weighted by Gasteiger charge is 2.06. The number of nitrogens with two attached hydrogens (primary N) is 1. The summed E-state index contributed by atoms with van der Waals surface area (Å²) in [6, 6.07) is 7.67. The van der Waals surface area contributed by atoms with Crippen molar-refractivity contribution in [2.75, 3.05) is 13.7 Å². The Kier molecular flexibility index (Phi) is 4.75. The first-order valence-electron chi connectivity index (χ1n) is 5.15. The van der Waals surface area contributed by atoms with Gasteiger partial charge < -0.3 is 15.6 Å². The summed E-state index contributed by atoms with van der Waals surface area (Å²) in [6.45, 7) is 2.00. The second-order valence-electron chi connectivity index (χ2n) is 3.78. The van der Waals surface area contributed by atoms with Crippen LogP contribution in [0, 0.1) is 0 Å². The van der Waals surface area contributed by atoms with Gasteiger partial charge in [0, 0.05) is 7.11 Å². The van der Waals surface area contributed by atoms with E-state index >= 15 is 0 Å². The Labute approximate surface area is 90.9 Å². The molecule has 2 atom stereocenters. The van der Waals surface area contributed by atoms with E-state index in [2.05, 4.69) is 0 Å². The summed E-state index contributed by atoms with van der Waals surface area (Å²) in [4.78, 5) is 0. The molecule has 0 aliphatic rings. The quantitative estimate of drug-likeness (QED) is 0.767. The number of aliphatic hydroxyl groups is 1. The zero-order valence-electron chi connectivity index (χ0n) is 9.31. The lowest BCUT2D eigenvalue weighted by Crippen LogP contribution is -2.15. The summed E-state index contributed by atoms with van der Waals surface area (Å²) in [5, 5.41) is 8.96. The van der Waals surface area contributed by atoms with Crippen molar-refractivity contribution in [3.63, 3.8) is 0 Å². The van der Waals surface area contributed by atoms with E-state index in [1.54, 1.807) is 7.11 Å². The lowest BCUT2D eigenvalue weighted by Gasteiger charge is -2.12. The Morgan fingerprint density at radius 1 is 1.47 bits per heavy atom. The molecule has 0 bridgehead atoms. The lowest BCUT2D eigenvalue weighted by atomic mass is 10.0. The smallest absolute Gasteiger partial charge is 0.0624 e. The van der Waals surface area contributed by atoms with Crippen molar-refractivity contribution in [3.8, 4) is 0 Å². The fourth-order valence-electron chi connectivity index (χ4n) is 1.47. The maximum absolute atomic E-state index is 8.96. The first-order chi connectivity index (χ1) is 7.17. The lowest BCUT2D eigenvalue weighted by molar-refractivity contribution is 0.119. The van der Waals surface area contributed by atoms with Crippen molar-refractivity contribution in [2.24, 2.45) is 5.73 Å². The average molecular weight is 209 g/mol. The van der Waals surface area contributed by atoms with Gasteiger partial charge in [0.1, 0.15) is 0 Å². The predicted octanol–water partition coefficient (Wildman–Crippen LogP) is 1.26. The van der Waals surface area contributed by atoms with Crippen molar-refractivity contribution in [1.29, 1.82) is 0 Å². The van der Waals surface area contributed by atoms with Gasteiger partial charge in [-0.3, -0.25) is 0 Å². The van der Waals surface area contributed by atoms with Crippen LogP contribution in [0.3, 0.4) is 0 Å². The van der Waals surface area contributed by atoms with E-state index in [1.807, 2.05) is 31.2 Å². The maximum atomic E-state index is 8.96. The molecule has 0 heterocycles. The van der Waals surface area contributed by atoms with Crippen LogP contribution in [0.5, 0.6) is 0 Å². The Morgan fingerprint density at radius 3 is 2.80 bits per heavy atom. The number of hydrogen-bond acceptors (Lipinski definition) is 3. The summed E-state index contributed by atoms with van der Waals surface area (Å²) < 4.78 is 5.20. The third-order valence-electron chi connectivity index (χ3n) is 2.50. The molecule has 0 amide bonds. The van der Waals surface area contributed by atoms with Crippen LogP contribution in [-0.4, -0.2) is 24.9 Å². The van der Waals surface area contributed by atoms with E-state index in [-0.39, 0.29) is 18.8 Å². The van der Waals surface area contributed by atoms with Crippen LogP contribution in [0.4, 0.5) is 0 Å². The van der Waals surface area contributed by atoms with Gasteiger partial charge in [0.15, 0.2) is 0 Å².